The third-order valence-electron chi connectivity index (χ3n) is 4.79. The van der Waals surface area contributed by atoms with Gasteiger partial charge in [0.2, 0.25) is 0 Å². The Balaban J connectivity index is 1.92. The van der Waals surface area contributed by atoms with Crippen LogP contribution < -0.4 is 10.5 Å². The fourth-order valence-corrected chi connectivity index (χ4v) is 3.70. The Bertz CT molecular complexity index is 717. The lowest BCUT2D eigenvalue weighted by Gasteiger charge is -2.31. The van der Waals surface area contributed by atoms with E-state index in [1.54, 1.807) is 6.07 Å². The minimum atomic E-state index is -0.803. The first-order valence-electron chi connectivity index (χ1n) is 8.82. The number of carbonyl (C=O) groups excluding carboxylic acids is 1. The van der Waals surface area contributed by atoms with E-state index in [1.165, 1.54) is 13.0 Å². The van der Waals surface area contributed by atoms with Crippen molar-refractivity contribution in [3.8, 4) is 5.75 Å². The lowest BCUT2D eigenvalue weighted by molar-refractivity contribution is 0.208. The van der Waals surface area contributed by atoms with Crippen molar-refractivity contribution in [2.24, 2.45) is 5.73 Å². The lowest BCUT2D eigenvalue weighted by Crippen LogP contribution is -2.34. The van der Waals surface area contributed by atoms with Crippen molar-refractivity contribution >= 4 is 17.1 Å². The summed E-state index contributed by atoms with van der Waals surface area (Å²) in [6, 6.07) is 5.64. The highest BCUT2D eigenvalue weighted by Crippen LogP contribution is 2.33. The van der Waals surface area contributed by atoms with Gasteiger partial charge in [-0.05, 0) is 58.0 Å². The van der Waals surface area contributed by atoms with Crippen LogP contribution in [0.4, 0.5) is 4.79 Å². The Hall–Kier alpha value is -2.08. The standard InChI is InChI=1S/C18H26N4O2/c1-3-10-21-11-8-13(9-12-21)17-20-16-14(22(17)4-2)6-5-7-15(16)24-18(19)23/h5-7,13H,3-4,8-12H2,1-2H3,(H2,19,23). The van der Waals surface area contributed by atoms with Gasteiger partial charge in [-0.15, -0.1) is 0 Å². The van der Waals surface area contributed by atoms with Crippen LogP contribution in [0.2, 0.25) is 0 Å². The SMILES string of the molecule is CCCN1CCC(c2nc3c(OC(N)=O)cccc3n2CC)CC1. The van der Waals surface area contributed by atoms with Gasteiger partial charge in [-0.2, -0.15) is 0 Å². The molecular weight excluding hydrogens is 304 g/mol. The van der Waals surface area contributed by atoms with E-state index in [0.717, 1.165) is 49.3 Å². The number of piperidine rings is 1. The van der Waals surface area contributed by atoms with Crippen LogP contribution in [0.15, 0.2) is 18.2 Å². The molecular formula is C18H26N4O2. The molecule has 0 radical (unpaired) electrons. The van der Waals surface area contributed by atoms with Gasteiger partial charge in [0.05, 0.1) is 5.52 Å². The second-order valence-electron chi connectivity index (χ2n) is 6.38. The van der Waals surface area contributed by atoms with E-state index in [0.29, 0.717) is 11.7 Å². The number of aromatic nitrogens is 2. The van der Waals surface area contributed by atoms with Gasteiger partial charge in [-0.1, -0.05) is 13.0 Å². The summed E-state index contributed by atoms with van der Waals surface area (Å²) < 4.78 is 7.37. The van der Waals surface area contributed by atoms with Crippen molar-refractivity contribution in [3.05, 3.63) is 24.0 Å². The molecule has 1 aliphatic heterocycles. The van der Waals surface area contributed by atoms with E-state index in [1.807, 2.05) is 12.1 Å². The van der Waals surface area contributed by atoms with Gasteiger partial charge in [0, 0.05) is 12.5 Å². The first-order valence-corrected chi connectivity index (χ1v) is 8.82. The van der Waals surface area contributed by atoms with Crippen molar-refractivity contribution in [2.45, 2.75) is 45.6 Å². The van der Waals surface area contributed by atoms with Gasteiger partial charge in [-0.25, -0.2) is 9.78 Å². The van der Waals surface area contributed by atoms with Gasteiger partial charge in [0.25, 0.3) is 0 Å². The Morgan fingerprint density at radius 1 is 1.33 bits per heavy atom. The molecule has 24 heavy (non-hydrogen) atoms. The summed E-state index contributed by atoms with van der Waals surface area (Å²) >= 11 is 0. The summed E-state index contributed by atoms with van der Waals surface area (Å²) in [6.45, 7) is 8.61. The quantitative estimate of drug-likeness (QED) is 0.914. The second kappa shape index (κ2) is 7.21. The second-order valence-corrected chi connectivity index (χ2v) is 6.38. The fraction of sp³-hybridized carbons (Fsp3) is 0.556. The first-order chi connectivity index (χ1) is 11.6. The van der Waals surface area contributed by atoms with Crippen LogP contribution in [0.3, 0.4) is 0 Å². The highest BCUT2D eigenvalue weighted by Gasteiger charge is 2.25. The normalized spacial score (nSPS) is 16.6. The molecule has 6 nitrogen and oxygen atoms in total. The molecule has 1 aromatic heterocycles. The van der Waals surface area contributed by atoms with Crippen molar-refractivity contribution in [1.82, 2.24) is 14.5 Å². The number of fused-ring (bicyclic) bond motifs is 1. The zero-order chi connectivity index (χ0) is 17.1. The third-order valence-corrected chi connectivity index (χ3v) is 4.79. The number of imidazole rings is 1. The maximum Gasteiger partial charge on any atom is 0.410 e. The predicted molar refractivity (Wildman–Crippen MR) is 94.3 cm³/mol. The number of hydrogen-bond donors (Lipinski definition) is 1. The number of benzene rings is 1. The molecule has 1 amide bonds. The molecule has 0 spiro atoms. The summed E-state index contributed by atoms with van der Waals surface area (Å²) in [6.07, 6.45) is 2.64. The zero-order valence-corrected chi connectivity index (χ0v) is 14.5. The Labute approximate surface area is 142 Å². The minimum Gasteiger partial charge on any atom is -0.408 e. The van der Waals surface area contributed by atoms with Gasteiger partial charge >= 0.3 is 6.09 Å². The molecule has 2 aromatic rings. The number of nitrogens with two attached hydrogens (primary N) is 1. The summed E-state index contributed by atoms with van der Waals surface area (Å²) in [5.41, 5.74) is 6.91. The van der Waals surface area contributed by atoms with E-state index in [9.17, 15) is 4.79 Å². The number of primary amides is 1. The Kier molecular flexibility index (Phi) is 5.04. The van der Waals surface area contributed by atoms with E-state index in [2.05, 4.69) is 23.3 Å². The average Bonchev–Trinajstić information content (AvgIpc) is 2.95. The number of aryl methyl sites for hydroxylation is 1. The fourth-order valence-electron chi connectivity index (χ4n) is 3.70. The highest BCUT2D eigenvalue weighted by molar-refractivity contribution is 5.85. The molecule has 6 heteroatoms. The number of ether oxygens (including phenoxy) is 1. The van der Waals surface area contributed by atoms with Crippen LogP contribution in [0.1, 0.15) is 44.9 Å². The molecule has 1 saturated heterocycles. The number of amides is 1. The van der Waals surface area contributed by atoms with Crippen LogP contribution in [0.25, 0.3) is 11.0 Å². The van der Waals surface area contributed by atoms with E-state index in [-0.39, 0.29) is 0 Å². The first kappa shape index (κ1) is 16.8. The monoisotopic (exact) mass is 330 g/mol. The Morgan fingerprint density at radius 2 is 2.08 bits per heavy atom. The van der Waals surface area contributed by atoms with Crippen molar-refractivity contribution in [3.63, 3.8) is 0 Å². The molecule has 1 fully saturated rings. The molecule has 1 aromatic carbocycles. The molecule has 2 heterocycles. The molecule has 0 saturated carbocycles. The van der Waals surface area contributed by atoms with E-state index in [4.69, 9.17) is 15.5 Å². The molecule has 130 valence electrons. The van der Waals surface area contributed by atoms with Gasteiger partial charge in [0.1, 0.15) is 11.3 Å². The molecule has 3 rings (SSSR count). The molecule has 0 bridgehead atoms. The molecule has 1 aliphatic rings. The summed E-state index contributed by atoms with van der Waals surface area (Å²) in [4.78, 5) is 18.5. The molecule has 0 unspecified atom stereocenters. The van der Waals surface area contributed by atoms with E-state index >= 15 is 0 Å². The van der Waals surface area contributed by atoms with Gasteiger partial charge < -0.3 is 19.9 Å². The molecule has 0 aliphatic carbocycles. The maximum absolute atomic E-state index is 11.1. The number of nitrogens with zero attached hydrogens (tertiary/aromatic N) is 3. The van der Waals surface area contributed by atoms with Gasteiger partial charge in [0.15, 0.2) is 5.75 Å². The predicted octanol–water partition coefficient (Wildman–Crippen LogP) is 3.10. The van der Waals surface area contributed by atoms with Crippen molar-refractivity contribution in [2.75, 3.05) is 19.6 Å². The van der Waals surface area contributed by atoms with Crippen molar-refractivity contribution < 1.29 is 9.53 Å². The topological polar surface area (TPSA) is 73.4 Å². The average molecular weight is 330 g/mol. The number of hydrogen-bond acceptors (Lipinski definition) is 4. The number of likely N-dealkylation sites (tertiary alicyclic amines) is 1. The number of rotatable bonds is 5. The smallest absolute Gasteiger partial charge is 0.408 e. The van der Waals surface area contributed by atoms with Crippen LogP contribution in [0, 0.1) is 0 Å². The summed E-state index contributed by atoms with van der Waals surface area (Å²) in [5.74, 6) is 1.99. The highest BCUT2D eigenvalue weighted by atomic mass is 16.5. The van der Waals surface area contributed by atoms with E-state index < -0.39 is 6.09 Å². The van der Waals surface area contributed by atoms with Crippen LogP contribution in [-0.4, -0.2) is 40.2 Å². The summed E-state index contributed by atoms with van der Waals surface area (Å²) in [7, 11) is 0. The molecule has 2 N–H and O–H groups in total. The Morgan fingerprint density at radius 3 is 2.71 bits per heavy atom. The molecule has 0 atom stereocenters. The van der Waals surface area contributed by atoms with Crippen molar-refractivity contribution in [1.29, 1.82) is 0 Å². The van der Waals surface area contributed by atoms with Crippen LogP contribution >= 0.6 is 0 Å². The van der Waals surface area contributed by atoms with Gasteiger partial charge in [-0.3, -0.25) is 0 Å². The van der Waals surface area contributed by atoms with Crippen LogP contribution in [0.5, 0.6) is 5.75 Å². The number of para-hydroxylation sites is 1. The largest absolute Gasteiger partial charge is 0.410 e. The maximum atomic E-state index is 11.1. The summed E-state index contributed by atoms with van der Waals surface area (Å²) in [5, 5.41) is 0. The zero-order valence-electron chi connectivity index (χ0n) is 14.5. The number of carbonyl (C=O) groups is 1. The van der Waals surface area contributed by atoms with Crippen LogP contribution in [-0.2, 0) is 6.54 Å². The lowest BCUT2D eigenvalue weighted by atomic mass is 9.96. The third kappa shape index (κ3) is 3.24. The minimum absolute atomic E-state index is 0.442.